The topological polar surface area (TPSA) is 21.1 Å². The Balaban J connectivity index is 1.46. The fourth-order valence-electron chi connectivity index (χ4n) is 4.02. The number of halogens is 3. The van der Waals surface area contributed by atoms with Crippen LogP contribution in [0.4, 0.5) is 13.2 Å². The summed E-state index contributed by atoms with van der Waals surface area (Å²) in [5, 5.41) is 3.77. The fraction of sp³-hybridized carbons (Fsp3) is 0.500. The van der Waals surface area contributed by atoms with E-state index >= 15 is 0 Å². The van der Waals surface area contributed by atoms with E-state index in [4.69, 9.17) is 0 Å². The first-order valence-corrected chi connectivity index (χ1v) is 8.44. The lowest BCUT2D eigenvalue weighted by molar-refractivity contribution is -0.141. The molecule has 1 aromatic heterocycles. The Morgan fingerprint density at radius 3 is 2.33 bits per heavy atom. The lowest BCUT2D eigenvalue weighted by atomic mass is 10.0. The maximum absolute atomic E-state index is 12.8. The summed E-state index contributed by atoms with van der Waals surface area (Å²) in [6.45, 7) is 1.79. The first kappa shape index (κ1) is 15.7. The molecule has 6 heteroatoms. The SMILES string of the molecule is FC(F)(F)c1ccn([C@@H]2CCCN(C3Cc4ccccc4C3)C2)n1. The van der Waals surface area contributed by atoms with E-state index in [0.717, 1.165) is 44.8 Å². The van der Waals surface area contributed by atoms with Crippen LogP contribution < -0.4 is 0 Å². The number of hydrogen-bond acceptors (Lipinski definition) is 2. The minimum atomic E-state index is -4.37. The van der Waals surface area contributed by atoms with E-state index in [-0.39, 0.29) is 6.04 Å². The second-order valence-corrected chi connectivity index (χ2v) is 6.80. The molecule has 128 valence electrons. The standard InChI is InChI=1S/C18H20F3N3/c19-18(20,21)17-7-9-24(22-17)15-6-3-8-23(12-15)16-10-13-4-1-2-5-14(13)11-16/h1-2,4-5,7,9,15-16H,3,6,8,10-12H2/t15-/m1/s1. The molecule has 1 saturated heterocycles. The molecule has 0 saturated carbocycles. The van der Waals surface area contributed by atoms with Crippen LogP contribution in [-0.2, 0) is 19.0 Å². The summed E-state index contributed by atoms with van der Waals surface area (Å²) >= 11 is 0. The van der Waals surface area contributed by atoms with Gasteiger partial charge in [0, 0.05) is 18.8 Å². The minimum Gasteiger partial charge on any atom is -0.298 e. The molecule has 2 aromatic rings. The van der Waals surface area contributed by atoms with E-state index in [0.29, 0.717) is 6.04 Å². The van der Waals surface area contributed by atoms with Gasteiger partial charge in [-0.05, 0) is 49.4 Å². The third-order valence-electron chi connectivity index (χ3n) is 5.25. The number of likely N-dealkylation sites (tertiary alicyclic amines) is 1. The summed E-state index contributed by atoms with van der Waals surface area (Å²) in [4.78, 5) is 2.43. The number of aromatic nitrogens is 2. The lowest BCUT2D eigenvalue weighted by Crippen LogP contribution is -2.43. The molecule has 1 aliphatic heterocycles. The van der Waals surface area contributed by atoms with Gasteiger partial charge in [0.05, 0.1) is 6.04 Å². The Kier molecular flexibility index (Phi) is 3.87. The van der Waals surface area contributed by atoms with Crippen molar-refractivity contribution >= 4 is 0 Å². The van der Waals surface area contributed by atoms with Gasteiger partial charge in [-0.2, -0.15) is 18.3 Å². The van der Waals surface area contributed by atoms with Crippen molar-refractivity contribution in [2.45, 2.75) is 43.9 Å². The van der Waals surface area contributed by atoms with Crippen molar-refractivity contribution in [1.82, 2.24) is 14.7 Å². The number of fused-ring (bicyclic) bond motifs is 1. The molecule has 4 rings (SSSR count). The molecule has 0 bridgehead atoms. The van der Waals surface area contributed by atoms with Crippen molar-refractivity contribution in [2.75, 3.05) is 13.1 Å². The summed E-state index contributed by atoms with van der Waals surface area (Å²) in [5.74, 6) is 0. The van der Waals surface area contributed by atoms with E-state index < -0.39 is 11.9 Å². The smallest absolute Gasteiger partial charge is 0.298 e. The van der Waals surface area contributed by atoms with Crippen molar-refractivity contribution in [3.05, 3.63) is 53.3 Å². The number of rotatable bonds is 2. The van der Waals surface area contributed by atoms with Crippen LogP contribution in [0, 0.1) is 0 Å². The van der Waals surface area contributed by atoms with Crippen molar-refractivity contribution in [3.63, 3.8) is 0 Å². The van der Waals surface area contributed by atoms with Gasteiger partial charge in [0.15, 0.2) is 5.69 Å². The number of piperidine rings is 1. The van der Waals surface area contributed by atoms with Gasteiger partial charge in [-0.1, -0.05) is 24.3 Å². The Labute approximate surface area is 139 Å². The maximum Gasteiger partial charge on any atom is 0.435 e. The van der Waals surface area contributed by atoms with Gasteiger partial charge < -0.3 is 0 Å². The van der Waals surface area contributed by atoms with Gasteiger partial charge in [0.1, 0.15) is 0 Å². The van der Waals surface area contributed by atoms with E-state index in [1.807, 2.05) is 0 Å². The number of benzene rings is 1. The molecular formula is C18H20F3N3. The Bertz CT molecular complexity index is 697. The van der Waals surface area contributed by atoms with Crippen molar-refractivity contribution in [2.24, 2.45) is 0 Å². The summed E-state index contributed by atoms with van der Waals surface area (Å²) in [6.07, 6.45) is 1.06. The van der Waals surface area contributed by atoms with Gasteiger partial charge in [0.25, 0.3) is 0 Å². The highest BCUT2D eigenvalue weighted by molar-refractivity contribution is 5.33. The largest absolute Gasteiger partial charge is 0.435 e. The average molecular weight is 335 g/mol. The molecule has 1 aliphatic carbocycles. The first-order valence-electron chi connectivity index (χ1n) is 8.44. The number of nitrogens with zero attached hydrogens (tertiary/aromatic N) is 3. The van der Waals surface area contributed by atoms with Crippen LogP contribution in [0.1, 0.15) is 35.7 Å². The molecule has 0 spiro atoms. The Morgan fingerprint density at radius 2 is 1.71 bits per heavy atom. The van der Waals surface area contributed by atoms with Crippen molar-refractivity contribution < 1.29 is 13.2 Å². The quantitative estimate of drug-likeness (QED) is 0.834. The predicted octanol–water partition coefficient (Wildman–Crippen LogP) is 3.71. The van der Waals surface area contributed by atoms with Gasteiger partial charge in [-0.15, -0.1) is 0 Å². The minimum absolute atomic E-state index is 0.0264. The molecule has 1 aromatic carbocycles. The number of alkyl halides is 3. The maximum atomic E-state index is 12.8. The highest BCUT2D eigenvalue weighted by atomic mass is 19.4. The van der Waals surface area contributed by atoms with Gasteiger partial charge in [0.2, 0.25) is 0 Å². The molecule has 3 nitrogen and oxygen atoms in total. The van der Waals surface area contributed by atoms with E-state index in [1.54, 1.807) is 0 Å². The molecule has 0 N–H and O–H groups in total. The van der Waals surface area contributed by atoms with Crippen LogP contribution in [0.5, 0.6) is 0 Å². The van der Waals surface area contributed by atoms with E-state index in [2.05, 4.69) is 34.3 Å². The molecule has 1 fully saturated rings. The van der Waals surface area contributed by atoms with E-state index in [9.17, 15) is 13.2 Å². The summed E-state index contributed by atoms with van der Waals surface area (Å²) in [6, 6.07) is 10.1. The number of hydrogen-bond donors (Lipinski definition) is 0. The molecule has 1 atom stereocenters. The van der Waals surface area contributed by atoms with Gasteiger partial charge in [-0.25, -0.2) is 0 Å². The van der Waals surface area contributed by atoms with Gasteiger partial charge in [-0.3, -0.25) is 9.58 Å². The van der Waals surface area contributed by atoms with Crippen LogP contribution in [0.15, 0.2) is 36.5 Å². The molecular weight excluding hydrogens is 315 g/mol. The predicted molar refractivity (Wildman–Crippen MR) is 84.7 cm³/mol. The van der Waals surface area contributed by atoms with Crippen LogP contribution in [0.25, 0.3) is 0 Å². The van der Waals surface area contributed by atoms with Gasteiger partial charge >= 0.3 is 6.18 Å². The van der Waals surface area contributed by atoms with Crippen molar-refractivity contribution in [3.8, 4) is 0 Å². The average Bonchev–Trinajstić information content (AvgIpc) is 3.21. The second-order valence-electron chi connectivity index (χ2n) is 6.80. The van der Waals surface area contributed by atoms with Crippen LogP contribution in [-0.4, -0.2) is 33.8 Å². The fourth-order valence-corrected chi connectivity index (χ4v) is 4.02. The summed E-state index contributed by atoms with van der Waals surface area (Å²) in [7, 11) is 0. The summed E-state index contributed by atoms with van der Waals surface area (Å²) in [5.41, 5.74) is 2.01. The molecule has 2 aliphatic rings. The first-order chi connectivity index (χ1) is 11.5. The molecule has 0 radical (unpaired) electrons. The normalized spacial score (nSPS) is 22.7. The highest BCUT2D eigenvalue weighted by Crippen LogP contribution is 2.32. The molecule has 0 amide bonds. The zero-order valence-electron chi connectivity index (χ0n) is 13.3. The lowest BCUT2D eigenvalue weighted by Gasteiger charge is -2.36. The molecule has 0 unspecified atom stereocenters. The van der Waals surface area contributed by atoms with E-state index in [1.165, 1.54) is 22.0 Å². The second kappa shape index (κ2) is 5.92. The highest BCUT2D eigenvalue weighted by Gasteiger charge is 2.35. The molecule has 24 heavy (non-hydrogen) atoms. The third-order valence-corrected chi connectivity index (χ3v) is 5.25. The van der Waals surface area contributed by atoms with Crippen LogP contribution in [0.2, 0.25) is 0 Å². The van der Waals surface area contributed by atoms with Crippen molar-refractivity contribution in [1.29, 1.82) is 0 Å². The molecule has 2 heterocycles. The Morgan fingerprint density at radius 1 is 1.00 bits per heavy atom. The zero-order valence-corrected chi connectivity index (χ0v) is 13.3. The summed E-state index contributed by atoms with van der Waals surface area (Å²) < 4.78 is 39.8. The Hall–Kier alpha value is -1.82. The third kappa shape index (κ3) is 2.95. The van der Waals surface area contributed by atoms with Crippen LogP contribution >= 0.6 is 0 Å². The van der Waals surface area contributed by atoms with Crippen LogP contribution in [0.3, 0.4) is 0 Å². The zero-order chi connectivity index (χ0) is 16.7. The monoisotopic (exact) mass is 335 g/mol.